The summed E-state index contributed by atoms with van der Waals surface area (Å²) >= 11 is 0. The number of phenolic OH excluding ortho intramolecular Hbond substituents is 1. The third-order valence-corrected chi connectivity index (χ3v) is 3.81. The Labute approximate surface area is 162 Å². The van der Waals surface area contributed by atoms with Crippen LogP contribution in [0.3, 0.4) is 0 Å². The molecule has 0 aliphatic carbocycles. The van der Waals surface area contributed by atoms with Gasteiger partial charge in [0.15, 0.2) is 11.5 Å². The molecule has 0 aliphatic heterocycles. The molecule has 0 radical (unpaired) electrons. The SMILES string of the molecule is COc1cc(O)c(C=Cc2cc(C)n(C)c(=O)[n+]2C)cc1OC.O=S(=O)([O-])O. The lowest BCUT2D eigenvalue weighted by molar-refractivity contribution is -0.692. The lowest BCUT2D eigenvalue weighted by Gasteiger charge is -2.09. The normalized spacial score (nSPS) is 11.1. The third kappa shape index (κ3) is 6.37. The van der Waals surface area contributed by atoms with E-state index in [1.54, 1.807) is 41.4 Å². The molecule has 0 amide bonds. The van der Waals surface area contributed by atoms with Gasteiger partial charge in [-0.3, -0.25) is 4.55 Å². The number of benzene rings is 1. The number of aromatic hydroxyl groups is 1. The molecule has 10 nitrogen and oxygen atoms in total. The maximum Gasteiger partial charge on any atom is 0.498 e. The predicted molar refractivity (Wildman–Crippen MR) is 100 cm³/mol. The van der Waals surface area contributed by atoms with Crippen molar-refractivity contribution in [3.05, 3.63) is 45.6 Å². The van der Waals surface area contributed by atoms with E-state index in [-0.39, 0.29) is 11.4 Å². The molecule has 0 saturated carbocycles. The second kappa shape index (κ2) is 9.35. The van der Waals surface area contributed by atoms with Gasteiger partial charge in [0.2, 0.25) is 10.4 Å². The number of hydrogen-bond donors (Lipinski definition) is 2. The van der Waals surface area contributed by atoms with Crippen LogP contribution in [0.4, 0.5) is 0 Å². The highest BCUT2D eigenvalue weighted by Crippen LogP contribution is 2.34. The van der Waals surface area contributed by atoms with Crippen LogP contribution in [0.5, 0.6) is 17.2 Å². The Morgan fingerprint density at radius 1 is 1.14 bits per heavy atom. The number of phenols is 1. The molecule has 28 heavy (non-hydrogen) atoms. The first-order chi connectivity index (χ1) is 12.9. The third-order valence-electron chi connectivity index (χ3n) is 3.81. The summed E-state index contributed by atoms with van der Waals surface area (Å²) in [6, 6.07) is 5.07. The van der Waals surface area contributed by atoms with Crippen molar-refractivity contribution in [3.8, 4) is 17.2 Å². The Kier molecular flexibility index (Phi) is 7.73. The fraction of sp³-hybridized carbons (Fsp3) is 0.294. The number of methoxy groups -OCH3 is 2. The van der Waals surface area contributed by atoms with Crippen LogP contribution in [0.15, 0.2) is 23.0 Å². The summed E-state index contributed by atoms with van der Waals surface area (Å²) in [6.07, 6.45) is 3.50. The van der Waals surface area contributed by atoms with Crippen molar-refractivity contribution >= 4 is 22.6 Å². The molecular formula is C17H22N2O8S. The zero-order chi connectivity index (χ0) is 21.6. The molecule has 2 aromatic rings. The second-order valence-electron chi connectivity index (χ2n) is 5.64. The highest BCUT2D eigenvalue weighted by Gasteiger charge is 2.12. The van der Waals surface area contributed by atoms with Crippen LogP contribution >= 0.6 is 0 Å². The second-order valence-corrected chi connectivity index (χ2v) is 6.49. The summed E-state index contributed by atoms with van der Waals surface area (Å²) in [5.74, 6) is 1.05. The zero-order valence-electron chi connectivity index (χ0n) is 16.0. The molecule has 0 aliphatic rings. The molecule has 0 bridgehead atoms. The average molecular weight is 414 g/mol. The van der Waals surface area contributed by atoms with Crippen molar-refractivity contribution in [2.24, 2.45) is 14.1 Å². The van der Waals surface area contributed by atoms with Crippen molar-refractivity contribution in [3.63, 3.8) is 0 Å². The van der Waals surface area contributed by atoms with Gasteiger partial charge in [-0.1, -0.05) is 0 Å². The molecular weight excluding hydrogens is 392 g/mol. The number of hydrogen-bond acceptors (Lipinski definition) is 7. The molecule has 1 aromatic heterocycles. The maximum atomic E-state index is 12.1. The van der Waals surface area contributed by atoms with Crippen LogP contribution in [0.1, 0.15) is 17.0 Å². The molecule has 0 spiro atoms. The van der Waals surface area contributed by atoms with Crippen LogP contribution in [0.25, 0.3) is 12.2 Å². The van der Waals surface area contributed by atoms with Gasteiger partial charge in [0.25, 0.3) is 0 Å². The van der Waals surface area contributed by atoms with Gasteiger partial charge in [0.05, 0.1) is 28.3 Å². The molecule has 11 heteroatoms. The van der Waals surface area contributed by atoms with Gasteiger partial charge in [-0.2, -0.15) is 13.9 Å². The first-order valence-corrected chi connectivity index (χ1v) is 9.13. The monoisotopic (exact) mass is 414 g/mol. The van der Waals surface area contributed by atoms with E-state index in [2.05, 4.69) is 0 Å². The fourth-order valence-electron chi connectivity index (χ4n) is 2.25. The number of rotatable bonds is 4. The van der Waals surface area contributed by atoms with Crippen molar-refractivity contribution in [2.45, 2.75) is 6.92 Å². The van der Waals surface area contributed by atoms with Crippen molar-refractivity contribution in [1.82, 2.24) is 4.57 Å². The molecule has 1 heterocycles. The van der Waals surface area contributed by atoms with Gasteiger partial charge in [0.1, 0.15) is 17.1 Å². The summed E-state index contributed by atoms with van der Waals surface area (Å²) in [5.41, 5.74) is 2.05. The summed E-state index contributed by atoms with van der Waals surface area (Å²) in [5, 5.41) is 10.1. The highest BCUT2D eigenvalue weighted by atomic mass is 32.3. The van der Waals surface area contributed by atoms with E-state index in [1.807, 2.05) is 13.0 Å². The van der Waals surface area contributed by atoms with E-state index in [1.165, 1.54) is 20.3 Å². The fourth-order valence-corrected chi connectivity index (χ4v) is 2.25. The number of aryl methyl sites for hydroxylation is 1. The molecule has 154 valence electrons. The number of aromatic nitrogens is 2. The standard InChI is InChI=1S/C17H20N2O4.H2O4S/c1-11-8-13(19(3)17(21)18(11)2)7-6-12-9-15(22-4)16(23-5)10-14(12)20;1-5(2,3)4/h6-10H,1-5H3;(H2,1,2,3,4). The van der Waals surface area contributed by atoms with Gasteiger partial charge < -0.3 is 19.1 Å². The first kappa shape index (κ1) is 23.1. The number of nitrogens with zero attached hydrogens (tertiary/aromatic N) is 2. The smallest absolute Gasteiger partial charge is 0.498 e. The molecule has 2 N–H and O–H groups in total. The van der Waals surface area contributed by atoms with Crippen LogP contribution in [0, 0.1) is 6.92 Å². The molecule has 1 aromatic carbocycles. The largest absolute Gasteiger partial charge is 0.726 e. The van der Waals surface area contributed by atoms with Crippen LogP contribution in [-0.4, -0.2) is 41.4 Å². The Bertz CT molecular complexity index is 1030. The molecule has 0 fully saturated rings. The maximum absolute atomic E-state index is 12.1. The minimum absolute atomic E-state index is 0.0714. The topological polar surface area (TPSA) is 142 Å². The van der Waals surface area contributed by atoms with Crippen molar-refractivity contribution < 1.29 is 36.7 Å². The summed E-state index contributed by atoms with van der Waals surface area (Å²) < 4.78 is 46.3. The minimum atomic E-state index is -4.92. The van der Waals surface area contributed by atoms with E-state index < -0.39 is 10.4 Å². The summed E-state index contributed by atoms with van der Waals surface area (Å²) in [4.78, 5) is 12.1. The van der Waals surface area contributed by atoms with Crippen molar-refractivity contribution in [2.75, 3.05) is 14.2 Å². The summed E-state index contributed by atoms with van der Waals surface area (Å²) in [6.45, 7) is 1.87. The highest BCUT2D eigenvalue weighted by molar-refractivity contribution is 7.79. The molecule has 2 rings (SSSR count). The van der Waals surface area contributed by atoms with Gasteiger partial charge in [0, 0.05) is 17.7 Å². The van der Waals surface area contributed by atoms with Gasteiger partial charge in [-0.05, 0) is 25.1 Å². The quantitative estimate of drug-likeness (QED) is 0.416. The van der Waals surface area contributed by atoms with E-state index >= 15 is 0 Å². The minimum Gasteiger partial charge on any atom is -0.726 e. The lowest BCUT2D eigenvalue weighted by atomic mass is 10.1. The average Bonchev–Trinajstić information content (AvgIpc) is 2.60. The Hall–Kier alpha value is -2.89. The first-order valence-electron chi connectivity index (χ1n) is 7.77. The van der Waals surface area contributed by atoms with E-state index in [4.69, 9.17) is 27.0 Å². The molecule has 0 unspecified atom stereocenters. The molecule has 0 atom stereocenters. The van der Waals surface area contributed by atoms with Gasteiger partial charge >= 0.3 is 5.69 Å². The summed E-state index contributed by atoms with van der Waals surface area (Å²) in [7, 11) is 1.56. The van der Waals surface area contributed by atoms with Crippen LogP contribution < -0.4 is 19.7 Å². The van der Waals surface area contributed by atoms with Crippen LogP contribution in [-0.2, 0) is 24.5 Å². The van der Waals surface area contributed by atoms with E-state index in [9.17, 15) is 9.90 Å². The number of ether oxygens (including phenoxy) is 2. The van der Waals surface area contributed by atoms with Crippen molar-refractivity contribution in [1.29, 1.82) is 0 Å². The Morgan fingerprint density at radius 3 is 2.14 bits per heavy atom. The Balaban J connectivity index is 0.000000696. The Morgan fingerprint density at radius 2 is 1.64 bits per heavy atom. The molecule has 0 saturated heterocycles. The van der Waals surface area contributed by atoms with E-state index in [0.717, 1.165) is 11.4 Å². The van der Waals surface area contributed by atoms with Gasteiger partial charge in [-0.15, -0.1) is 0 Å². The predicted octanol–water partition coefficient (Wildman–Crippen LogP) is 0.416. The lowest BCUT2D eigenvalue weighted by Crippen LogP contribution is -2.53. The van der Waals surface area contributed by atoms with Gasteiger partial charge in [-0.25, -0.2) is 8.42 Å². The van der Waals surface area contributed by atoms with Crippen LogP contribution in [0.2, 0.25) is 0 Å². The van der Waals surface area contributed by atoms with E-state index in [0.29, 0.717) is 17.1 Å². The zero-order valence-corrected chi connectivity index (χ0v) is 16.8.